The highest BCUT2D eigenvalue weighted by Crippen LogP contribution is 2.27. The van der Waals surface area contributed by atoms with Crippen LogP contribution in [-0.2, 0) is 32.1 Å². The molecule has 0 radical (unpaired) electrons. The molecule has 3 aromatic rings. The number of amides is 2. The first-order valence-corrected chi connectivity index (χ1v) is 17.3. The highest BCUT2D eigenvalue weighted by molar-refractivity contribution is 7.99. The van der Waals surface area contributed by atoms with Crippen LogP contribution in [0.3, 0.4) is 0 Å². The van der Waals surface area contributed by atoms with E-state index in [-0.39, 0.29) is 30.6 Å². The molecule has 3 aromatic carbocycles. The SMILES string of the molecule is CCCC[C@H](NC(=O)[C@@H](CSC[C@@H]1CCCN1C(=O)OCc1ccccc1)Cc1cccc2ccccc12)C(=O)OC(C)(C)C. The van der Waals surface area contributed by atoms with Gasteiger partial charge in [-0.15, -0.1) is 0 Å². The van der Waals surface area contributed by atoms with Gasteiger partial charge in [0, 0.05) is 24.1 Å². The number of nitrogens with zero attached hydrogens (tertiary/aromatic N) is 1. The van der Waals surface area contributed by atoms with Crippen LogP contribution in [0.4, 0.5) is 4.79 Å². The molecular formula is C37H48N2O5S. The number of thioether (sulfide) groups is 1. The number of hydrogen-bond acceptors (Lipinski definition) is 6. The molecule has 0 aliphatic carbocycles. The van der Waals surface area contributed by atoms with E-state index < -0.39 is 17.6 Å². The number of carbonyl (C=O) groups is 3. The lowest BCUT2D eigenvalue weighted by molar-refractivity contribution is -0.159. The fraction of sp³-hybridized carbons (Fsp3) is 0.486. The summed E-state index contributed by atoms with van der Waals surface area (Å²) in [6.45, 7) is 8.51. The highest BCUT2D eigenvalue weighted by atomic mass is 32.2. The molecule has 1 aliphatic heterocycles. The fourth-order valence-electron chi connectivity index (χ4n) is 5.68. The van der Waals surface area contributed by atoms with Crippen molar-refractivity contribution in [3.8, 4) is 0 Å². The molecule has 0 unspecified atom stereocenters. The molecule has 0 bridgehead atoms. The second-order valence-corrected chi connectivity index (χ2v) is 13.9. The lowest BCUT2D eigenvalue weighted by Crippen LogP contribution is -2.47. The number of esters is 1. The Balaban J connectivity index is 1.44. The van der Waals surface area contributed by atoms with Gasteiger partial charge in [-0.1, -0.05) is 92.6 Å². The maximum Gasteiger partial charge on any atom is 0.410 e. The van der Waals surface area contributed by atoms with Gasteiger partial charge in [0.05, 0.1) is 5.92 Å². The number of likely N-dealkylation sites (tertiary alicyclic amines) is 1. The quantitative estimate of drug-likeness (QED) is 0.185. The molecule has 7 nitrogen and oxygen atoms in total. The number of unbranched alkanes of at least 4 members (excludes halogenated alkanes) is 1. The molecule has 0 spiro atoms. The number of benzene rings is 3. The average molecular weight is 633 g/mol. The van der Waals surface area contributed by atoms with Crippen molar-refractivity contribution in [2.75, 3.05) is 18.1 Å². The van der Waals surface area contributed by atoms with Crippen LogP contribution in [0.25, 0.3) is 10.8 Å². The number of fused-ring (bicyclic) bond motifs is 1. The van der Waals surface area contributed by atoms with Crippen LogP contribution in [0.15, 0.2) is 72.8 Å². The minimum Gasteiger partial charge on any atom is -0.458 e. The molecule has 1 heterocycles. The van der Waals surface area contributed by atoms with Gasteiger partial charge < -0.3 is 19.7 Å². The molecule has 0 saturated carbocycles. The van der Waals surface area contributed by atoms with E-state index in [4.69, 9.17) is 9.47 Å². The third kappa shape index (κ3) is 10.5. The van der Waals surface area contributed by atoms with E-state index in [0.29, 0.717) is 30.9 Å². The van der Waals surface area contributed by atoms with Crippen molar-refractivity contribution < 1.29 is 23.9 Å². The van der Waals surface area contributed by atoms with Crippen LogP contribution in [-0.4, -0.2) is 58.6 Å². The lowest BCUT2D eigenvalue weighted by Gasteiger charge is -2.27. The maximum atomic E-state index is 13.9. The van der Waals surface area contributed by atoms with Gasteiger partial charge in [0.25, 0.3) is 0 Å². The summed E-state index contributed by atoms with van der Waals surface area (Å²) in [6, 6.07) is 23.5. The van der Waals surface area contributed by atoms with Crippen molar-refractivity contribution >= 4 is 40.5 Å². The van der Waals surface area contributed by atoms with Crippen molar-refractivity contribution in [3.05, 3.63) is 83.9 Å². The van der Waals surface area contributed by atoms with Gasteiger partial charge in [0.1, 0.15) is 18.2 Å². The second-order valence-electron chi connectivity index (χ2n) is 12.8. The van der Waals surface area contributed by atoms with E-state index in [2.05, 4.69) is 36.5 Å². The number of carbonyl (C=O) groups excluding carboxylic acids is 3. The number of nitrogens with one attached hydrogen (secondary N) is 1. The van der Waals surface area contributed by atoms with Gasteiger partial charge in [-0.05, 0) is 68.4 Å². The van der Waals surface area contributed by atoms with Gasteiger partial charge in [0.15, 0.2) is 0 Å². The van der Waals surface area contributed by atoms with Crippen LogP contribution in [0.2, 0.25) is 0 Å². The van der Waals surface area contributed by atoms with Crippen LogP contribution in [0.5, 0.6) is 0 Å². The molecule has 4 rings (SSSR count). The molecule has 1 N–H and O–H groups in total. The topological polar surface area (TPSA) is 84.9 Å². The van der Waals surface area contributed by atoms with Crippen LogP contribution < -0.4 is 5.32 Å². The third-order valence-electron chi connectivity index (χ3n) is 8.02. The van der Waals surface area contributed by atoms with Crippen molar-refractivity contribution in [3.63, 3.8) is 0 Å². The minimum atomic E-state index is -0.693. The molecule has 1 fully saturated rings. The second kappa shape index (κ2) is 16.7. The molecule has 0 aromatic heterocycles. The summed E-state index contributed by atoms with van der Waals surface area (Å²) in [4.78, 5) is 41.8. The summed E-state index contributed by atoms with van der Waals surface area (Å²) < 4.78 is 11.3. The molecule has 45 heavy (non-hydrogen) atoms. The zero-order valence-electron chi connectivity index (χ0n) is 27.1. The van der Waals surface area contributed by atoms with Crippen molar-refractivity contribution in [2.24, 2.45) is 5.92 Å². The molecule has 2 amide bonds. The first kappa shape index (κ1) is 34.4. The summed E-state index contributed by atoms with van der Waals surface area (Å²) >= 11 is 1.68. The predicted octanol–water partition coefficient (Wildman–Crippen LogP) is 7.55. The Hall–Kier alpha value is -3.52. The Labute approximate surface area is 272 Å². The van der Waals surface area contributed by atoms with E-state index >= 15 is 0 Å². The Kier molecular flexibility index (Phi) is 12.7. The van der Waals surface area contributed by atoms with Crippen LogP contribution in [0.1, 0.15) is 70.9 Å². The Morgan fingerprint density at radius 2 is 1.73 bits per heavy atom. The van der Waals surface area contributed by atoms with Gasteiger partial charge in [0.2, 0.25) is 5.91 Å². The summed E-state index contributed by atoms with van der Waals surface area (Å²) in [5.41, 5.74) is 1.42. The van der Waals surface area contributed by atoms with E-state index in [0.717, 1.165) is 47.6 Å². The van der Waals surface area contributed by atoms with Crippen molar-refractivity contribution in [2.45, 2.75) is 90.5 Å². The molecular weight excluding hydrogens is 584 g/mol. The van der Waals surface area contributed by atoms with Gasteiger partial charge in [-0.2, -0.15) is 11.8 Å². The summed E-state index contributed by atoms with van der Waals surface area (Å²) in [6.07, 6.45) is 4.35. The Morgan fingerprint density at radius 1 is 1.00 bits per heavy atom. The zero-order chi connectivity index (χ0) is 32.2. The number of ether oxygens (including phenoxy) is 2. The third-order valence-corrected chi connectivity index (χ3v) is 9.28. The molecule has 1 aliphatic rings. The van der Waals surface area contributed by atoms with E-state index in [9.17, 15) is 14.4 Å². The van der Waals surface area contributed by atoms with Gasteiger partial charge in [-0.25, -0.2) is 9.59 Å². The van der Waals surface area contributed by atoms with E-state index in [1.165, 1.54) is 0 Å². The maximum absolute atomic E-state index is 13.9. The summed E-state index contributed by atoms with van der Waals surface area (Å²) in [5.74, 6) is 0.370. The zero-order valence-corrected chi connectivity index (χ0v) is 27.9. The summed E-state index contributed by atoms with van der Waals surface area (Å²) in [7, 11) is 0. The van der Waals surface area contributed by atoms with Gasteiger partial charge >= 0.3 is 12.1 Å². The largest absolute Gasteiger partial charge is 0.458 e. The van der Waals surface area contributed by atoms with Gasteiger partial charge in [-0.3, -0.25) is 4.79 Å². The molecule has 242 valence electrons. The Bertz CT molecular complexity index is 1400. The Morgan fingerprint density at radius 3 is 2.49 bits per heavy atom. The normalized spacial score (nSPS) is 16.3. The molecule has 3 atom stereocenters. The van der Waals surface area contributed by atoms with Crippen LogP contribution in [0, 0.1) is 5.92 Å². The summed E-state index contributed by atoms with van der Waals surface area (Å²) in [5, 5.41) is 5.33. The lowest BCUT2D eigenvalue weighted by atomic mass is 9.95. The smallest absolute Gasteiger partial charge is 0.410 e. The molecule has 1 saturated heterocycles. The van der Waals surface area contributed by atoms with E-state index in [1.54, 1.807) is 11.8 Å². The average Bonchev–Trinajstić information content (AvgIpc) is 3.49. The standard InChI is InChI=1S/C37H48N2O5S/c1-5-6-21-33(35(41)44-37(2,3)4)38-34(40)30(23-29-18-12-17-28-16-10-11-20-32(28)29)25-45-26-31-19-13-22-39(31)36(42)43-24-27-14-8-7-9-15-27/h7-12,14-18,20,30-31,33H,5-6,13,19,21-26H2,1-4H3,(H,38,40)/t30-,31+,33+/m1/s1. The van der Waals surface area contributed by atoms with Crippen LogP contribution >= 0.6 is 11.8 Å². The number of rotatable bonds is 14. The minimum absolute atomic E-state index is 0.0543. The van der Waals surface area contributed by atoms with Crippen molar-refractivity contribution in [1.29, 1.82) is 0 Å². The number of hydrogen-bond donors (Lipinski definition) is 1. The predicted molar refractivity (Wildman–Crippen MR) is 182 cm³/mol. The highest BCUT2D eigenvalue weighted by Gasteiger charge is 2.32. The fourth-order valence-corrected chi connectivity index (χ4v) is 6.99. The first-order chi connectivity index (χ1) is 21.6. The molecule has 8 heteroatoms. The van der Waals surface area contributed by atoms with Crippen molar-refractivity contribution in [1.82, 2.24) is 10.2 Å². The first-order valence-electron chi connectivity index (χ1n) is 16.2. The van der Waals surface area contributed by atoms with E-state index in [1.807, 2.05) is 74.2 Å². The monoisotopic (exact) mass is 632 g/mol.